The second kappa shape index (κ2) is 13.9. The van der Waals surface area contributed by atoms with Crippen molar-refractivity contribution in [2.24, 2.45) is 0 Å². The van der Waals surface area contributed by atoms with Crippen LogP contribution in [0, 0.1) is 0 Å². The molecule has 0 bridgehead atoms. The molecule has 0 aliphatic carbocycles. The van der Waals surface area contributed by atoms with Crippen LogP contribution in [-0.2, 0) is 11.3 Å². The van der Waals surface area contributed by atoms with Gasteiger partial charge in [0.1, 0.15) is 0 Å². The summed E-state index contributed by atoms with van der Waals surface area (Å²) < 4.78 is 10.1. The molecule has 0 aromatic carbocycles. The number of hydrogen-bond acceptors (Lipinski definition) is 1. The lowest BCUT2D eigenvalue weighted by Gasteiger charge is -2.00. The molecule has 0 unspecified atom stereocenters. The Balaban J connectivity index is 2.89. The van der Waals surface area contributed by atoms with E-state index >= 15 is 0 Å². The first-order valence-electron chi connectivity index (χ1n) is 6.52. The Morgan fingerprint density at radius 2 is 1.27 bits per heavy atom. The lowest BCUT2D eigenvalue weighted by molar-refractivity contribution is 0.560. The molecule has 0 aromatic rings. The van der Waals surface area contributed by atoms with Crippen LogP contribution < -0.4 is 0 Å². The molecule has 90 valence electrons. The van der Waals surface area contributed by atoms with Gasteiger partial charge < -0.3 is 0 Å². The van der Waals surface area contributed by atoms with Crippen LogP contribution in [0.15, 0.2) is 0 Å². The van der Waals surface area contributed by atoms with Crippen LogP contribution in [0.5, 0.6) is 0 Å². The lowest BCUT2D eigenvalue weighted by Crippen LogP contribution is -1.82. The summed E-state index contributed by atoms with van der Waals surface area (Å²) >= 11 is 0.606. The summed E-state index contributed by atoms with van der Waals surface area (Å²) in [6.45, 7) is 2.26. The maximum absolute atomic E-state index is 10.1. The maximum Gasteiger partial charge on any atom is 0.0841 e. The Hall–Kier alpha value is -0.110. The van der Waals surface area contributed by atoms with Gasteiger partial charge in [-0.1, -0.05) is 64.7 Å². The molecule has 0 heterocycles. The number of hydrogen-bond donors (Lipinski definition) is 0. The van der Waals surface area contributed by atoms with Gasteiger partial charge in [-0.15, -0.1) is 0 Å². The second-order valence-electron chi connectivity index (χ2n) is 4.23. The van der Waals surface area contributed by atoms with Gasteiger partial charge in [0.25, 0.3) is 0 Å². The van der Waals surface area contributed by atoms with Crippen LogP contribution in [0.4, 0.5) is 0 Å². The van der Waals surface area contributed by atoms with Crippen molar-refractivity contribution in [3.63, 3.8) is 0 Å². The van der Waals surface area contributed by atoms with Crippen molar-refractivity contribution in [2.75, 3.05) is 0 Å². The minimum absolute atomic E-state index is 0.606. The van der Waals surface area contributed by atoms with E-state index in [1.54, 1.807) is 5.37 Å². The largest absolute Gasteiger partial charge is 0.213 e. The van der Waals surface area contributed by atoms with Gasteiger partial charge in [-0.3, -0.25) is 0 Å². The fourth-order valence-corrected chi connectivity index (χ4v) is 2.03. The molecule has 0 fully saturated rings. The molecule has 0 amide bonds. The smallest absolute Gasteiger partial charge is 0.0841 e. The fraction of sp³-hybridized carbons (Fsp3) is 0.923. The van der Waals surface area contributed by atoms with E-state index in [1.807, 2.05) is 0 Å². The predicted molar refractivity (Wildman–Crippen MR) is 70.7 cm³/mol. The quantitative estimate of drug-likeness (QED) is 0.382. The monoisotopic (exact) mass is 230 g/mol. The van der Waals surface area contributed by atoms with Crippen LogP contribution >= 0.6 is 0 Å². The molecule has 0 saturated carbocycles. The zero-order valence-corrected chi connectivity index (χ0v) is 11.0. The van der Waals surface area contributed by atoms with E-state index in [2.05, 4.69) is 6.92 Å². The van der Waals surface area contributed by atoms with Gasteiger partial charge in [-0.2, -0.15) is 0 Å². The van der Waals surface area contributed by atoms with Gasteiger partial charge in [0.05, 0.1) is 11.3 Å². The van der Waals surface area contributed by atoms with Crippen molar-refractivity contribution < 1.29 is 4.21 Å². The van der Waals surface area contributed by atoms with Gasteiger partial charge in [-0.05, 0) is 12.8 Å². The predicted octanol–water partition coefficient (Wildman–Crippen LogP) is 4.31. The zero-order chi connectivity index (χ0) is 11.2. The highest BCUT2D eigenvalue weighted by atomic mass is 32.1. The molecule has 0 N–H and O–H groups in total. The first kappa shape index (κ1) is 14.9. The summed E-state index contributed by atoms with van der Waals surface area (Å²) in [6.07, 6.45) is 14.6. The van der Waals surface area contributed by atoms with E-state index in [0.29, 0.717) is 11.3 Å². The molecular weight excluding hydrogens is 204 g/mol. The van der Waals surface area contributed by atoms with E-state index in [4.69, 9.17) is 0 Å². The van der Waals surface area contributed by atoms with Gasteiger partial charge in [0.2, 0.25) is 0 Å². The third-order valence-corrected chi connectivity index (χ3v) is 3.12. The Kier molecular flexibility index (Phi) is 13.8. The van der Waals surface area contributed by atoms with Crippen LogP contribution in [0.1, 0.15) is 77.6 Å². The third-order valence-electron chi connectivity index (χ3n) is 2.74. The molecule has 0 aliphatic heterocycles. The fourth-order valence-electron chi connectivity index (χ4n) is 1.76. The molecule has 0 atom stereocenters. The Morgan fingerprint density at radius 1 is 0.800 bits per heavy atom. The van der Waals surface area contributed by atoms with Crippen LogP contribution in [0.2, 0.25) is 0 Å². The van der Waals surface area contributed by atoms with Gasteiger partial charge in [0, 0.05) is 5.37 Å². The number of rotatable bonds is 11. The van der Waals surface area contributed by atoms with Gasteiger partial charge in [-0.25, -0.2) is 4.21 Å². The summed E-state index contributed by atoms with van der Waals surface area (Å²) in [4.78, 5) is 0. The minimum atomic E-state index is 0.606. The molecular formula is C13H26OS. The standard InChI is InChI=1S/C13H26OS/c1-2-3-4-5-6-7-8-9-10-11-12-13-15-14/h13H,2-12H2,1H3. The minimum Gasteiger partial charge on any atom is -0.213 e. The summed E-state index contributed by atoms with van der Waals surface area (Å²) in [7, 11) is 0. The van der Waals surface area contributed by atoms with Gasteiger partial charge >= 0.3 is 0 Å². The van der Waals surface area contributed by atoms with Crippen molar-refractivity contribution in [2.45, 2.75) is 77.6 Å². The molecule has 15 heavy (non-hydrogen) atoms. The summed E-state index contributed by atoms with van der Waals surface area (Å²) in [6, 6.07) is 0. The maximum atomic E-state index is 10.1. The SMILES string of the molecule is CCCCCCCCCCCCC=S=O. The topological polar surface area (TPSA) is 17.1 Å². The molecule has 0 aromatic heterocycles. The Labute approximate surface area is 98.7 Å². The number of unbranched alkanes of at least 4 members (excludes halogenated alkanes) is 10. The second-order valence-corrected chi connectivity index (χ2v) is 4.76. The Morgan fingerprint density at radius 3 is 1.73 bits per heavy atom. The van der Waals surface area contributed by atoms with E-state index in [-0.39, 0.29) is 0 Å². The lowest BCUT2D eigenvalue weighted by atomic mass is 10.1. The highest BCUT2D eigenvalue weighted by Crippen LogP contribution is 2.10. The highest BCUT2D eigenvalue weighted by molar-refractivity contribution is 7.64. The van der Waals surface area contributed by atoms with E-state index in [9.17, 15) is 4.21 Å². The summed E-state index contributed by atoms with van der Waals surface area (Å²) in [5.41, 5.74) is 0. The zero-order valence-electron chi connectivity index (χ0n) is 10.2. The van der Waals surface area contributed by atoms with Crippen molar-refractivity contribution in [3.8, 4) is 0 Å². The van der Waals surface area contributed by atoms with Gasteiger partial charge in [0.15, 0.2) is 0 Å². The van der Waals surface area contributed by atoms with E-state index < -0.39 is 0 Å². The first-order valence-corrected chi connectivity index (χ1v) is 7.32. The average Bonchev–Trinajstić information content (AvgIpc) is 2.26. The van der Waals surface area contributed by atoms with Crippen LogP contribution in [0.25, 0.3) is 0 Å². The molecule has 2 heteroatoms. The van der Waals surface area contributed by atoms with E-state index in [0.717, 1.165) is 6.42 Å². The van der Waals surface area contributed by atoms with Crippen molar-refractivity contribution in [3.05, 3.63) is 0 Å². The average molecular weight is 230 g/mol. The summed E-state index contributed by atoms with van der Waals surface area (Å²) in [5.74, 6) is 0. The molecule has 1 nitrogen and oxygen atoms in total. The van der Waals surface area contributed by atoms with Crippen molar-refractivity contribution >= 4 is 16.6 Å². The molecule has 0 spiro atoms. The van der Waals surface area contributed by atoms with Crippen LogP contribution in [0.3, 0.4) is 0 Å². The molecule has 0 rings (SSSR count). The highest BCUT2D eigenvalue weighted by Gasteiger charge is 1.91. The van der Waals surface area contributed by atoms with Crippen molar-refractivity contribution in [1.82, 2.24) is 0 Å². The Bertz CT molecular complexity index is 162. The van der Waals surface area contributed by atoms with E-state index in [1.165, 1.54) is 64.2 Å². The molecule has 0 aliphatic rings. The summed E-state index contributed by atoms with van der Waals surface area (Å²) in [5, 5.41) is 1.77. The van der Waals surface area contributed by atoms with Crippen LogP contribution in [-0.4, -0.2) is 9.58 Å². The first-order chi connectivity index (χ1) is 7.41. The van der Waals surface area contributed by atoms with Crippen molar-refractivity contribution in [1.29, 1.82) is 0 Å². The molecule has 0 saturated heterocycles. The third kappa shape index (κ3) is 13.9. The molecule has 0 radical (unpaired) electrons. The normalized spacial score (nSPS) is 10.2.